The van der Waals surface area contributed by atoms with Crippen LogP contribution in [0.3, 0.4) is 0 Å². The summed E-state index contributed by atoms with van der Waals surface area (Å²) in [5, 5.41) is 9.73. The topological polar surface area (TPSA) is 87.0 Å². The van der Waals surface area contributed by atoms with Crippen LogP contribution in [0.4, 0.5) is 0 Å². The third-order valence-corrected chi connectivity index (χ3v) is 5.29. The Balaban J connectivity index is 1.67. The summed E-state index contributed by atoms with van der Waals surface area (Å²) in [7, 11) is 0. The molecule has 0 unspecified atom stereocenters. The monoisotopic (exact) mass is 367 g/mol. The smallest absolute Gasteiger partial charge is 0.321 e. The highest BCUT2D eigenvalue weighted by Gasteiger charge is 2.33. The fourth-order valence-electron chi connectivity index (χ4n) is 3.76. The molecule has 1 atom stereocenters. The van der Waals surface area contributed by atoms with Crippen LogP contribution in [-0.2, 0) is 30.8 Å². The molecule has 142 valence electrons. The second-order valence-corrected chi connectivity index (χ2v) is 7.64. The van der Waals surface area contributed by atoms with Gasteiger partial charge >= 0.3 is 5.97 Å². The van der Waals surface area contributed by atoms with Gasteiger partial charge in [0.1, 0.15) is 11.9 Å². The summed E-state index contributed by atoms with van der Waals surface area (Å²) in [4.78, 5) is 26.1. The Morgan fingerprint density at radius 1 is 1.37 bits per heavy atom. The summed E-state index contributed by atoms with van der Waals surface area (Å²) in [6, 6.07) is 7.53. The van der Waals surface area contributed by atoms with E-state index in [9.17, 15) is 9.90 Å². The molecule has 0 bridgehead atoms. The lowest BCUT2D eigenvalue weighted by Gasteiger charge is -2.32. The van der Waals surface area contributed by atoms with Crippen molar-refractivity contribution >= 4 is 17.0 Å². The highest BCUT2D eigenvalue weighted by molar-refractivity contribution is 5.76. The van der Waals surface area contributed by atoms with Crippen LogP contribution in [0.5, 0.6) is 0 Å². The molecule has 3 heterocycles. The predicted octanol–water partition coefficient (Wildman–Crippen LogP) is 2.82. The second kappa shape index (κ2) is 7.15. The van der Waals surface area contributed by atoms with E-state index in [1.54, 1.807) is 6.33 Å². The van der Waals surface area contributed by atoms with Crippen LogP contribution in [0.2, 0.25) is 0 Å². The average molecular weight is 367 g/mol. The van der Waals surface area contributed by atoms with Crippen LogP contribution in [0.1, 0.15) is 37.5 Å². The van der Waals surface area contributed by atoms with Crippen molar-refractivity contribution in [2.45, 2.75) is 52.4 Å². The number of aryl methyl sites for hydroxylation is 1. The zero-order valence-electron chi connectivity index (χ0n) is 15.7. The number of rotatable bonds is 6. The summed E-state index contributed by atoms with van der Waals surface area (Å²) in [5.74, 6) is 0.702. The minimum absolute atomic E-state index is 0.417. The molecule has 0 aliphatic carbocycles. The van der Waals surface area contributed by atoms with Gasteiger partial charge in [-0.2, -0.15) is 0 Å². The number of nitrogens with zero attached hydrogens (tertiary/aromatic N) is 4. The molecule has 1 aliphatic heterocycles. The van der Waals surface area contributed by atoms with E-state index in [2.05, 4.69) is 34.4 Å². The number of fused-ring (bicyclic) bond motifs is 2. The van der Waals surface area contributed by atoms with Crippen molar-refractivity contribution in [3.63, 3.8) is 0 Å². The minimum atomic E-state index is -0.812. The molecule has 7 nitrogen and oxygen atoms in total. The number of para-hydroxylation sites is 2. The lowest BCUT2D eigenvalue weighted by Crippen LogP contribution is -2.45. The molecule has 0 saturated carbocycles. The molecule has 0 amide bonds. The zero-order valence-corrected chi connectivity index (χ0v) is 15.7. The van der Waals surface area contributed by atoms with Gasteiger partial charge in [-0.15, -0.1) is 0 Å². The molecule has 0 radical (unpaired) electrons. The number of carboxylic acids is 1. The number of carbonyl (C=O) groups is 1. The average Bonchev–Trinajstić information content (AvgIpc) is 3.22. The lowest BCUT2D eigenvalue weighted by molar-refractivity contribution is -0.144. The third kappa shape index (κ3) is 3.47. The largest absolute Gasteiger partial charge is 0.480 e. The van der Waals surface area contributed by atoms with E-state index in [1.807, 2.05) is 23.1 Å². The van der Waals surface area contributed by atoms with Gasteiger partial charge in [-0.3, -0.25) is 9.69 Å². The first-order valence-corrected chi connectivity index (χ1v) is 9.45. The van der Waals surface area contributed by atoms with E-state index in [0.29, 0.717) is 25.4 Å². The predicted molar refractivity (Wildman–Crippen MR) is 102 cm³/mol. The van der Waals surface area contributed by atoms with E-state index in [4.69, 9.17) is 4.98 Å². The van der Waals surface area contributed by atoms with Crippen molar-refractivity contribution in [1.82, 2.24) is 24.4 Å². The summed E-state index contributed by atoms with van der Waals surface area (Å²) < 4.78 is 2.25. The number of nitrogens with one attached hydrogen (secondary N) is 1. The van der Waals surface area contributed by atoms with Gasteiger partial charge in [-0.1, -0.05) is 26.0 Å². The van der Waals surface area contributed by atoms with Crippen molar-refractivity contribution < 1.29 is 9.90 Å². The molecule has 4 rings (SSSR count). The van der Waals surface area contributed by atoms with Gasteiger partial charge in [-0.25, -0.2) is 9.97 Å². The molecule has 7 heteroatoms. The molecular weight excluding hydrogens is 342 g/mol. The van der Waals surface area contributed by atoms with E-state index < -0.39 is 12.0 Å². The van der Waals surface area contributed by atoms with Crippen LogP contribution >= 0.6 is 0 Å². The molecular formula is C20H25N5O2. The van der Waals surface area contributed by atoms with Crippen molar-refractivity contribution in [3.05, 3.63) is 47.8 Å². The summed E-state index contributed by atoms with van der Waals surface area (Å²) in [6.45, 7) is 6.35. The second-order valence-electron chi connectivity index (χ2n) is 7.64. The van der Waals surface area contributed by atoms with Gasteiger partial charge in [0.25, 0.3) is 0 Å². The first-order chi connectivity index (χ1) is 13.0. The molecule has 27 heavy (non-hydrogen) atoms. The number of carboxylic acid groups (broad SMARTS) is 1. The fraction of sp³-hybridized carbons (Fsp3) is 0.450. The first-order valence-electron chi connectivity index (χ1n) is 9.45. The quantitative estimate of drug-likeness (QED) is 0.700. The molecule has 0 fully saturated rings. The number of imidazole rings is 2. The van der Waals surface area contributed by atoms with E-state index in [0.717, 1.165) is 41.2 Å². The Hall–Kier alpha value is -2.67. The SMILES string of the molecule is CC(C)CCn1c(CN2Cc3[nH]cnc3C[C@H]2C(=O)O)nc2ccccc21. The van der Waals surface area contributed by atoms with Crippen LogP contribution in [0, 0.1) is 5.92 Å². The fourth-order valence-corrected chi connectivity index (χ4v) is 3.76. The molecule has 0 spiro atoms. The van der Waals surface area contributed by atoms with Gasteiger partial charge in [-0.05, 0) is 24.5 Å². The standard InChI is InChI=1S/C20H25N5O2/c1-13(2)7-8-25-17-6-4-3-5-14(17)23-19(25)11-24-10-16-15(21-12-22-16)9-18(24)20(26)27/h3-6,12-13,18H,7-11H2,1-2H3,(H,21,22)(H,26,27)/t18-/m0/s1. The third-order valence-electron chi connectivity index (χ3n) is 5.29. The number of aromatic nitrogens is 4. The van der Waals surface area contributed by atoms with Gasteiger partial charge in [0, 0.05) is 19.5 Å². The molecule has 1 aliphatic rings. The molecule has 1 aromatic carbocycles. The maximum absolute atomic E-state index is 11.9. The van der Waals surface area contributed by atoms with E-state index in [-0.39, 0.29) is 0 Å². The van der Waals surface area contributed by atoms with Crippen molar-refractivity contribution in [2.75, 3.05) is 0 Å². The lowest BCUT2D eigenvalue weighted by atomic mass is 10.0. The van der Waals surface area contributed by atoms with Crippen LogP contribution in [-0.4, -0.2) is 41.5 Å². The van der Waals surface area contributed by atoms with Gasteiger partial charge in [0.05, 0.1) is 35.3 Å². The summed E-state index contributed by atoms with van der Waals surface area (Å²) in [5.41, 5.74) is 3.92. The van der Waals surface area contributed by atoms with E-state index >= 15 is 0 Å². The molecule has 0 saturated heterocycles. The Bertz CT molecular complexity index is 958. The first kappa shape index (κ1) is 17.7. The number of aromatic amines is 1. The van der Waals surface area contributed by atoms with Gasteiger partial charge < -0.3 is 14.7 Å². The molecule has 2 N–H and O–H groups in total. The Kier molecular flexibility index (Phi) is 4.70. The normalized spacial score (nSPS) is 17.5. The Labute approximate surface area is 158 Å². The Morgan fingerprint density at radius 3 is 2.96 bits per heavy atom. The number of hydrogen-bond donors (Lipinski definition) is 2. The summed E-state index contributed by atoms with van der Waals surface area (Å²) in [6.07, 6.45) is 3.12. The Morgan fingerprint density at radius 2 is 2.19 bits per heavy atom. The molecule has 3 aromatic rings. The van der Waals surface area contributed by atoms with Crippen LogP contribution in [0.25, 0.3) is 11.0 Å². The van der Waals surface area contributed by atoms with Crippen molar-refractivity contribution in [2.24, 2.45) is 5.92 Å². The van der Waals surface area contributed by atoms with Gasteiger partial charge in [0.2, 0.25) is 0 Å². The maximum atomic E-state index is 11.9. The number of hydrogen-bond acceptors (Lipinski definition) is 4. The number of aliphatic carboxylic acids is 1. The van der Waals surface area contributed by atoms with Crippen molar-refractivity contribution in [3.8, 4) is 0 Å². The molecule has 2 aromatic heterocycles. The van der Waals surface area contributed by atoms with Crippen LogP contribution < -0.4 is 0 Å². The number of H-pyrrole nitrogens is 1. The zero-order chi connectivity index (χ0) is 19.0. The summed E-state index contributed by atoms with van der Waals surface area (Å²) >= 11 is 0. The minimum Gasteiger partial charge on any atom is -0.480 e. The maximum Gasteiger partial charge on any atom is 0.321 e. The van der Waals surface area contributed by atoms with Gasteiger partial charge in [0.15, 0.2) is 0 Å². The van der Waals surface area contributed by atoms with Crippen LogP contribution in [0.15, 0.2) is 30.6 Å². The van der Waals surface area contributed by atoms with E-state index in [1.165, 1.54) is 0 Å². The van der Waals surface area contributed by atoms with Crippen molar-refractivity contribution in [1.29, 1.82) is 0 Å². The highest BCUT2D eigenvalue weighted by Crippen LogP contribution is 2.25. The number of benzene rings is 1. The highest BCUT2D eigenvalue weighted by atomic mass is 16.4.